The lowest BCUT2D eigenvalue weighted by Crippen LogP contribution is -2.08. The highest BCUT2D eigenvalue weighted by molar-refractivity contribution is 9.10. The summed E-state index contributed by atoms with van der Waals surface area (Å²) in [6.45, 7) is 3.82. The Kier molecular flexibility index (Phi) is 4.21. The van der Waals surface area contributed by atoms with Gasteiger partial charge in [0.2, 0.25) is 0 Å². The molecule has 2 rings (SSSR count). The molecule has 0 aliphatic rings. The molecule has 19 heavy (non-hydrogen) atoms. The van der Waals surface area contributed by atoms with Crippen LogP contribution in [0.5, 0.6) is 0 Å². The lowest BCUT2D eigenvalue weighted by atomic mass is 10.2. The molecule has 0 aliphatic heterocycles. The zero-order valence-electron chi connectivity index (χ0n) is 10.4. The minimum Gasteiger partial charge on any atom is -0.462 e. The molecule has 7 heteroatoms. The van der Waals surface area contributed by atoms with E-state index in [2.05, 4.69) is 26.0 Å². The molecule has 0 aliphatic carbocycles. The summed E-state index contributed by atoms with van der Waals surface area (Å²) in [7, 11) is 0. The number of esters is 1. The summed E-state index contributed by atoms with van der Waals surface area (Å²) >= 11 is 9.34. The molecule has 0 radical (unpaired) electrons. The van der Waals surface area contributed by atoms with Gasteiger partial charge in [0.05, 0.1) is 17.3 Å². The number of pyridine rings is 1. The van der Waals surface area contributed by atoms with Gasteiger partial charge in [-0.3, -0.25) is 0 Å². The number of nitrogens with zero attached hydrogens (tertiary/aromatic N) is 3. The third-order valence-electron chi connectivity index (χ3n) is 2.49. The van der Waals surface area contributed by atoms with Crippen molar-refractivity contribution in [2.24, 2.45) is 0 Å². The van der Waals surface area contributed by atoms with E-state index in [0.717, 1.165) is 0 Å². The molecule has 0 fully saturated rings. The smallest absolute Gasteiger partial charge is 0.342 e. The average molecular weight is 345 g/mol. The van der Waals surface area contributed by atoms with Crippen LogP contribution in [0.15, 0.2) is 22.9 Å². The molecule has 0 saturated carbocycles. The molecule has 2 aromatic heterocycles. The fourth-order valence-corrected chi connectivity index (χ4v) is 2.45. The van der Waals surface area contributed by atoms with Gasteiger partial charge in [-0.05, 0) is 41.9 Å². The van der Waals surface area contributed by atoms with Crippen LogP contribution in [0.25, 0.3) is 5.82 Å². The maximum atomic E-state index is 11.9. The van der Waals surface area contributed by atoms with E-state index in [1.807, 2.05) is 0 Å². The molecule has 0 saturated heterocycles. The number of ether oxygens (including phenoxy) is 1. The predicted octanol–water partition coefficient (Wildman–Crippen LogP) is 3.17. The van der Waals surface area contributed by atoms with Crippen LogP contribution in [0, 0.1) is 6.92 Å². The van der Waals surface area contributed by atoms with Gasteiger partial charge in [-0.15, -0.1) is 0 Å². The second-order valence-corrected chi connectivity index (χ2v) is 4.85. The van der Waals surface area contributed by atoms with Gasteiger partial charge >= 0.3 is 5.97 Å². The number of halogens is 2. The van der Waals surface area contributed by atoms with Crippen molar-refractivity contribution in [3.05, 3.63) is 39.2 Å². The Balaban J connectivity index is 2.54. The summed E-state index contributed by atoms with van der Waals surface area (Å²) in [5, 5.41) is 4.68. The summed E-state index contributed by atoms with van der Waals surface area (Å²) in [5.41, 5.74) is 0.995. The number of hydrogen-bond acceptors (Lipinski definition) is 4. The molecule has 2 aromatic rings. The van der Waals surface area contributed by atoms with Crippen molar-refractivity contribution in [2.75, 3.05) is 6.61 Å². The first kappa shape index (κ1) is 14.0. The summed E-state index contributed by atoms with van der Waals surface area (Å²) < 4.78 is 6.91. The van der Waals surface area contributed by atoms with Crippen LogP contribution in [-0.4, -0.2) is 27.3 Å². The Morgan fingerprint density at radius 3 is 2.95 bits per heavy atom. The standard InChI is InChI=1S/C12H11BrClN3O2/c1-3-19-12(18)9-7(2)17(16-10(9)13)11-8(14)5-4-6-15-11/h4-6H,3H2,1-2H3. The molecule has 0 bridgehead atoms. The van der Waals surface area contributed by atoms with E-state index in [0.29, 0.717) is 33.3 Å². The lowest BCUT2D eigenvalue weighted by Gasteiger charge is -2.05. The van der Waals surface area contributed by atoms with Gasteiger partial charge in [0.25, 0.3) is 0 Å². The Labute approximate surface area is 123 Å². The van der Waals surface area contributed by atoms with Crippen LogP contribution in [0.3, 0.4) is 0 Å². The Morgan fingerprint density at radius 2 is 2.32 bits per heavy atom. The molecule has 0 atom stereocenters. The SMILES string of the molecule is CCOC(=O)c1c(Br)nn(-c2ncccc2Cl)c1C. The summed E-state index contributed by atoms with van der Waals surface area (Å²) in [4.78, 5) is 16.0. The molecule has 5 nitrogen and oxygen atoms in total. The molecule has 2 heterocycles. The number of rotatable bonds is 3. The zero-order chi connectivity index (χ0) is 14.0. The first-order chi connectivity index (χ1) is 9.06. The van der Waals surface area contributed by atoms with Crippen molar-refractivity contribution < 1.29 is 9.53 Å². The summed E-state index contributed by atoms with van der Waals surface area (Å²) in [6.07, 6.45) is 1.61. The number of aromatic nitrogens is 3. The third kappa shape index (κ3) is 2.64. The Hall–Kier alpha value is -1.40. The average Bonchev–Trinajstić information content (AvgIpc) is 2.66. The van der Waals surface area contributed by atoms with Crippen molar-refractivity contribution in [3.8, 4) is 5.82 Å². The number of carbonyl (C=O) groups excluding carboxylic acids is 1. The first-order valence-corrected chi connectivity index (χ1v) is 6.76. The molecule has 0 spiro atoms. The van der Waals surface area contributed by atoms with E-state index in [1.54, 1.807) is 32.2 Å². The number of hydrogen-bond donors (Lipinski definition) is 0. The van der Waals surface area contributed by atoms with E-state index in [-0.39, 0.29) is 0 Å². The van der Waals surface area contributed by atoms with E-state index in [4.69, 9.17) is 16.3 Å². The van der Waals surface area contributed by atoms with Crippen molar-refractivity contribution in [3.63, 3.8) is 0 Å². The van der Waals surface area contributed by atoms with Crippen LogP contribution < -0.4 is 0 Å². The van der Waals surface area contributed by atoms with Gasteiger partial charge < -0.3 is 4.74 Å². The molecular weight excluding hydrogens is 334 g/mol. The van der Waals surface area contributed by atoms with Crippen LogP contribution in [-0.2, 0) is 4.74 Å². The van der Waals surface area contributed by atoms with Gasteiger partial charge in [-0.2, -0.15) is 5.10 Å². The van der Waals surface area contributed by atoms with Crippen molar-refractivity contribution >= 4 is 33.5 Å². The minimum absolute atomic E-state index is 0.306. The van der Waals surface area contributed by atoms with Gasteiger partial charge in [-0.1, -0.05) is 11.6 Å². The Bertz CT molecular complexity index is 627. The summed E-state index contributed by atoms with van der Waals surface area (Å²) in [6, 6.07) is 3.44. The van der Waals surface area contributed by atoms with Crippen LogP contribution in [0.1, 0.15) is 23.0 Å². The van der Waals surface area contributed by atoms with Gasteiger partial charge in [0, 0.05) is 6.20 Å². The van der Waals surface area contributed by atoms with Crippen LogP contribution in [0.2, 0.25) is 5.02 Å². The second kappa shape index (κ2) is 5.71. The lowest BCUT2D eigenvalue weighted by molar-refractivity contribution is 0.0524. The largest absolute Gasteiger partial charge is 0.462 e. The third-order valence-corrected chi connectivity index (χ3v) is 3.34. The highest BCUT2D eigenvalue weighted by Gasteiger charge is 2.22. The molecule has 0 N–H and O–H groups in total. The monoisotopic (exact) mass is 343 g/mol. The van der Waals surface area contributed by atoms with Crippen molar-refractivity contribution in [1.29, 1.82) is 0 Å². The number of carbonyl (C=O) groups is 1. The van der Waals surface area contributed by atoms with E-state index in [9.17, 15) is 4.79 Å². The fourth-order valence-electron chi connectivity index (χ4n) is 1.64. The zero-order valence-corrected chi connectivity index (χ0v) is 12.7. The van der Waals surface area contributed by atoms with Gasteiger partial charge in [-0.25, -0.2) is 14.5 Å². The van der Waals surface area contributed by atoms with Gasteiger partial charge in [0.1, 0.15) is 10.2 Å². The molecule has 0 aromatic carbocycles. The normalized spacial score (nSPS) is 10.5. The molecule has 0 unspecified atom stereocenters. The topological polar surface area (TPSA) is 57.0 Å². The maximum absolute atomic E-state index is 11.9. The second-order valence-electron chi connectivity index (χ2n) is 3.69. The Morgan fingerprint density at radius 1 is 1.58 bits per heavy atom. The highest BCUT2D eigenvalue weighted by atomic mass is 79.9. The first-order valence-electron chi connectivity index (χ1n) is 5.59. The van der Waals surface area contributed by atoms with Crippen LogP contribution >= 0.6 is 27.5 Å². The minimum atomic E-state index is -0.426. The van der Waals surface area contributed by atoms with Crippen LogP contribution in [0.4, 0.5) is 0 Å². The molecular formula is C12H11BrClN3O2. The van der Waals surface area contributed by atoms with Crippen molar-refractivity contribution in [2.45, 2.75) is 13.8 Å². The molecule has 0 amide bonds. The summed E-state index contributed by atoms with van der Waals surface area (Å²) in [5.74, 6) is 0.0445. The quantitative estimate of drug-likeness (QED) is 0.803. The maximum Gasteiger partial charge on any atom is 0.342 e. The predicted molar refractivity (Wildman–Crippen MR) is 74.8 cm³/mol. The van der Waals surface area contributed by atoms with Gasteiger partial charge in [0.15, 0.2) is 5.82 Å². The molecule has 100 valence electrons. The van der Waals surface area contributed by atoms with E-state index < -0.39 is 5.97 Å². The van der Waals surface area contributed by atoms with Crippen molar-refractivity contribution in [1.82, 2.24) is 14.8 Å². The fraction of sp³-hybridized carbons (Fsp3) is 0.250. The van der Waals surface area contributed by atoms with E-state index >= 15 is 0 Å². The highest BCUT2D eigenvalue weighted by Crippen LogP contribution is 2.25. The van der Waals surface area contributed by atoms with E-state index in [1.165, 1.54) is 4.68 Å².